The molecule has 7 heteroatoms. The van der Waals surface area contributed by atoms with Crippen molar-refractivity contribution in [1.29, 1.82) is 0 Å². The van der Waals surface area contributed by atoms with Crippen molar-refractivity contribution in [3.63, 3.8) is 0 Å². The fourth-order valence-corrected chi connectivity index (χ4v) is 3.47. The first-order valence-electron chi connectivity index (χ1n) is 10.4. The van der Waals surface area contributed by atoms with Gasteiger partial charge in [-0.2, -0.15) is 5.10 Å². The van der Waals surface area contributed by atoms with Crippen LogP contribution in [0.25, 0.3) is 11.0 Å². The largest absolute Gasteiger partial charge is 0.449 e. The molecule has 29 heavy (non-hydrogen) atoms. The Balaban J connectivity index is 2.41. The van der Waals surface area contributed by atoms with Crippen LogP contribution in [-0.4, -0.2) is 49.7 Å². The van der Waals surface area contributed by atoms with Gasteiger partial charge in [-0.25, -0.2) is 14.5 Å². The highest BCUT2D eigenvalue weighted by atomic mass is 16.5. The number of esters is 1. The molecule has 1 atom stereocenters. The third kappa shape index (κ3) is 4.77. The van der Waals surface area contributed by atoms with E-state index in [1.54, 1.807) is 28.8 Å². The number of pyridine rings is 1. The fourth-order valence-electron chi connectivity index (χ4n) is 3.47. The zero-order chi connectivity index (χ0) is 22.0. The lowest BCUT2D eigenvalue weighted by atomic mass is 10.1. The van der Waals surface area contributed by atoms with Crippen LogP contribution in [0, 0.1) is 0 Å². The Labute approximate surface area is 173 Å². The molecule has 2 rings (SSSR count). The average Bonchev–Trinajstić information content (AvgIpc) is 3.03. The van der Waals surface area contributed by atoms with Crippen molar-refractivity contribution < 1.29 is 14.3 Å². The summed E-state index contributed by atoms with van der Waals surface area (Å²) in [5.74, 6) is -0.593. The Bertz CT molecular complexity index is 876. The molecule has 0 saturated heterocycles. The van der Waals surface area contributed by atoms with Crippen LogP contribution in [0.3, 0.4) is 0 Å². The number of hydrogen-bond acceptors (Lipinski definition) is 5. The Kier molecular flexibility index (Phi) is 7.03. The summed E-state index contributed by atoms with van der Waals surface area (Å²) in [4.78, 5) is 32.3. The van der Waals surface area contributed by atoms with E-state index in [4.69, 9.17) is 9.72 Å². The minimum absolute atomic E-state index is 0.0214. The van der Waals surface area contributed by atoms with Crippen molar-refractivity contribution in [2.75, 3.05) is 0 Å². The predicted octanol–water partition coefficient (Wildman–Crippen LogP) is 4.33. The maximum atomic E-state index is 13.0. The van der Waals surface area contributed by atoms with E-state index in [9.17, 15) is 9.59 Å². The standard InChI is InChI=1S/C22H34N4O3/c1-12(2)19-10-17(18-11-23-26(15(7)8)20(18)24-19)22(28)29-16(9)21(27)25(13(3)4)14(5)6/h10-16H,1-9H3/t16-/m0/s1. The van der Waals surface area contributed by atoms with Crippen molar-refractivity contribution in [2.24, 2.45) is 0 Å². The Morgan fingerprint density at radius 3 is 2.07 bits per heavy atom. The number of nitrogens with zero attached hydrogens (tertiary/aromatic N) is 4. The zero-order valence-electron chi connectivity index (χ0n) is 19.1. The lowest BCUT2D eigenvalue weighted by Gasteiger charge is -2.32. The first-order chi connectivity index (χ1) is 13.5. The number of aromatic nitrogens is 3. The molecule has 0 saturated carbocycles. The molecule has 2 heterocycles. The summed E-state index contributed by atoms with van der Waals surface area (Å²) in [6, 6.07) is 1.90. The third-order valence-electron chi connectivity index (χ3n) is 4.89. The van der Waals surface area contributed by atoms with E-state index in [-0.39, 0.29) is 30.0 Å². The Hall–Kier alpha value is -2.44. The predicted molar refractivity (Wildman–Crippen MR) is 114 cm³/mol. The number of amides is 1. The topological polar surface area (TPSA) is 77.3 Å². The van der Waals surface area contributed by atoms with Crippen LogP contribution in [0.2, 0.25) is 0 Å². The summed E-state index contributed by atoms with van der Waals surface area (Å²) < 4.78 is 7.39. The number of fused-ring (bicyclic) bond motifs is 1. The summed E-state index contributed by atoms with van der Waals surface area (Å²) in [6.45, 7) is 17.5. The van der Waals surface area contributed by atoms with Gasteiger partial charge in [-0.3, -0.25) is 4.79 Å². The minimum atomic E-state index is -0.877. The summed E-state index contributed by atoms with van der Waals surface area (Å²) in [6.07, 6.45) is 0.766. The normalized spacial score (nSPS) is 13.0. The maximum Gasteiger partial charge on any atom is 0.339 e. The van der Waals surface area contributed by atoms with Crippen LogP contribution in [-0.2, 0) is 9.53 Å². The zero-order valence-corrected chi connectivity index (χ0v) is 19.1. The number of rotatable bonds is 7. The molecule has 0 N–H and O–H groups in total. The van der Waals surface area contributed by atoms with Gasteiger partial charge in [0.05, 0.1) is 17.1 Å². The number of ether oxygens (including phenoxy) is 1. The van der Waals surface area contributed by atoms with Gasteiger partial charge < -0.3 is 9.64 Å². The van der Waals surface area contributed by atoms with Gasteiger partial charge in [0.25, 0.3) is 5.91 Å². The van der Waals surface area contributed by atoms with Crippen LogP contribution in [0.15, 0.2) is 12.3 Å². The van der Waals surface area contributed by atoms with Gasteiger partial charge in [-0.05, 0) is 60.5 Å². The minimum Gasteiger partial charge on any atom is -0.449 e. The van der Waals surface area contributed by atoms with Crippen molar-refractivity contribution in [2.45, 2.75) is 92.5 Å². The van der Waals surface area contributed by atoms with Gasteiger partial charge in [0.1, 0.15) is 0 Å². The van der Waals surface area contributed by atoms with Crippen molar-refractivity contribution in [3.8, 4) is 0 Å². The average molecular weight is 403 g/mol. The van der Waals surface area contributed by atoms with Crippen LogP contribution >= 0.6 is 0 Å². The molecule has 0 spiro atoms. The lowest BCUT2D eigenvalue weighted by molar-refractivity contribution is -0.143. The van der Waals surface area contributed by atoms with E-state index in [1.165, 1.54) is 0 Å². The molecule has 2 aromatic heterocycles. The van der Waals surface area contributed by atoms with Gasteiger partial charge in [-0.15, -0.1) is 0 Å². The van der Waals surface area contributed by atoms with E-state index >= 15 is 0 Å². The fraction of sp³-hybridized carbons (Fsp3) is 0.636. The molecule has 160 valence electrons. The molecule has 2 aromatic rings. The smallest absolute Gasteiger partial charge is 0.339 e. The van der Waals surface area contributed by atoms with Crippen LogP contribution in [0.4, 0.5) is 0 Å². The molecule has 0 aliphatic rings. The quantitative estimate of drug-likeness (QED) is 0.644. The molecule has 1 amide bonds. The molecule has 0 aromatic carbocycles. The van der Waals surface area contributed by atoms with E-state index in [0.29, 0.717) is 16.6 Å². The van der Waals surface area contributed by atoms with Gasteiger partial charge in [-0.1, -0.05) is 13.8 Å². The Morgan fingerprint density at radius 1 is 1.00 bits per heavy atom. The van der Waals surface area contributed by atoms with E-state index in [2.05, 4.69) is 5.10 Å². The highest BCUT2D eigenvalue weighted by Crippen LogP contribution is 2.25. The molecule has 0 aliphatic heterocycles. The monoisotopic (exact) mass is 402 g/mol. The lowest BCUT2D eigenvalue weighted by Crippen LogP contribution is -2.47. The summed E-state index contributed by atoms with van der Waals surface area (Å²) in [5.41, 5.74) is 1.84. The Morgan fingerprint density at radius 2 is 1.59 bits per heavy atom. The maximum absolute atomic E-state index is 13.0. The van der Waals surface area contributed by atoms with Gasteiger partial charge >= 0.3 is 5.97 Å². The molecule has 0 unspecified atom stereocenters. The van der Waals surface area contributed by atoms with Gasteiger partial charge in [0, 0.05) is 23.8 Å². The van der Waals surface area contributed by atoms with Crippen molar-refractivity contribution in [3.05, 3.63) is 23.5 Å². The van der Waals surface area contributed by atoms with Crippen molar-refractivity contribution in [1.82, 2.24) is 19.7 Å². The van der Waals surface area contributed by atoms with Crippen molar-refractivity contribution >= 4 is 22.9 Å². The molecular weight excluding hydrogens is 368 g/mol. The molecule has 0 bridgehead atoms. The first-order valence-corrected chi connectivity index (χ1v) is 10.4. The van der Waals surface area contributed by atoms with Crippen LogP contribution in [0.5, 0.6) is 0 Å². The van der Waals surface area contributed by atoms with E-state index < -0.39 is 12.1 Å². The molecule has 0 aliphatic carbocycles. The van der Waals surface area contributed by atoms with Gasteiger partial charge in [0.15, 0.2) is 11.8 Å². The molecular formula is C22H34N4O3. The van der Waals surface area contributed by atoms with Gasteiger partial charge in [0.2, 0.25) is 0 Å². The van der Waals surface area contributed by atoms with Crippen LogP contribution < -0.4 is 0 Å². The second kappa shape index (κ2) is 8.93. The number of hydrogen-bond donors (Lipinski definition) is 0. The number of carbonyl (C=O) groups is 2. The SMILES string of the molecule is CC(C)c1cc(C(=O)O[C@@H](C)C(=O)N(C(C)C)C(C)C)c2cnn(C(C)C)c2n1. The van der Waals surface area contributed by atoms with E-state index in [1.807, 2.05) is 55.4 Å². The summed E-state index contributed by atoms with van der Waals surface area (Å²) >= 11 is 0. The van der Waals surface area contributed by atoms with Crippen LogP contribution in [0.1, 0.15) is 90.3 Å². The summed E-state index contributed by atoms with van der Waals surface area (Å²) in [7, 11) is 0. The first kappa shape index (κ1) is 22.8. The molecule has 7 nitrogen and oxygen atoms in total. The summed E-state index contributed by atoms with van der Waals surface area (Å²) in [5, 5.41) is 5.03. The second-order valence-corrected chi connectivity index (χ2v) is 8.65. The number of carbonyl (C=O) groups excluding carboxylic acids is 2. The third-order valence-corrected chi connectivity index (χ3v) is 4.89. The highest BCUT2D eigenvalue weighted by molar-refractivity contribution is 6.03. The second-order valence-electron chi connectivity index (χ2n) is 8.65. The highest BCUT2D eigenvalue weighted by Gasteiger charge is 2.29. The molecule has 0 fully saturated rings. The molecule has 0 radical (unpaired) electrons. The van der Waals surface area contributed by atoms with E-state index in [0.717, 1.165) is 5.69 Å².